The topological polar surface area (TPSA) is 67.0 Å². The molecular formula is C20H27N3O2. The number of hydrogen-bond acceptors (Lipinski definition) is 3. The van der Waals surface area contributed by atoms with Gasteiger partial charge in [-0.25, -0.2) is 0 Å². The number of carbonyl (C=O) groups is 1. The highest BCUT2D eigenvalue weighted by Crippen LogP contribution is 2.32. The summed E-state index contributed by atoms with van der Waals surface area (Å²) in [7, 11) is 0. The van der Waals surface area contributed by atoms with E-state index in [9.17, 15) is 10.1 Å². The number of carbonyl (C=O) groups excluding carboxylic acids is 1. The normalized spacial score (nSPS) is 21.8. The lowest BCUT2D eigenvalue weighted by Gasteiger charge is -2.14. The predicted molar refractivity (Wildman–Crippen MR) is 96.8 cm³/mol. The molecule has 134 valence electrons. The minimum Gasteiger partial charge on any atom is -0.376 e. The largest absolute Gasteiger partial charge is 0.376 e. The van der Waals surface area contributed by atoms with E-state index in [1.54, 1.807) is 6.08 Å². The SMILES string of the molecule is Cc1cc(/C=C(\C#N)C(=O)NC(C)C2CC2)c(C)n1CC1CCCO1. The molecule has 2 unspecified atom stereocenters. The fourth-order valence-electron chi connectivity index (χ4n) is 3.55. The molecule has 1 amide bonds. The van der Waals surface area contributed by atoms with E-state index in [4.69, 9.17) is 4.74 Å². The van der Waals surface area contributed by atoms with E-state index in [0.717, 1.165) is 55.8 Å². The van der Waals surface area contributed by atoms with Gasteiger partial charge in [0.1, 0.15) is 11.6 Å². The van der Waals surface area contributed by atoms with E-state index in [1.165, 1.54) is 0 Å². The molecule has 5 heteroatoms. The molecular weight excluding hydrogens is 314 g/mol. The number of ether oxygens (including phenoxy) is 1. The minimum atomic E-state index is -0.272. The fraction of sp³-hybridized carbons (Fsp3) is 0.600. The zero-order chi connectivity index (χ0) is 18.0. The van der Waals surface area contributed by atoms with Crippen LogP contribution in [-0.2, 0) is 16.1 Å². The Hall–Kier alpha value is -2.06. The van der Waals surface area contributed by atoms with E-state index in [0.29, 0.717) is 5.92 Å². The molecule has 1 aliphatic heterocycles. The van der Waals surface area contributed by atoms with Gasteiger partial charge in [0.05, 0.1) is 6.10 Å². The second-order valence-electron chi connectivity index (χ2n) is 7.34. The Bertz CT molecular complexity index is 716. The van der Waals surface area contributed by atoms with Crippen LogP contribution >= 0.6 is 0 Å². The predicted octanol–water partition coefficient (Wildman–Crippen LogP) is 3.11. The summed E-state index contributed by atoms with van der Waals surface area (Å²) in [5, 5.41) is 12.4. The molecule has 0 bridgehead atoms. The maximum Gasteiger partial charge on any atom is 0.262 e. The van der Waals surface area contributed by atoms with Gasteiger partial charge in [-0.05, 0) is 70.1 Å². The van der Waals surface area contributed by atoms with Gasteiger partial charge in [0, 0.05) is 30.6 Å². The van der Waals surface area contributed by atoms with Gasteiger partial charge in [0.15, 0.2) is 0 Å². The van der Waals surface area contributed by atoms with Gasteiger partial charge in [-0.3, -0.25) is 4.79 Å². The molecule has 1 aromatic rings. The number of aromatic nitrogens is 1. The van der Waals surface area contributed by atoms with Crippen LogP contribution in [-0.4, -0.2) is 29.2 Å². The second-order valence-corrected chi connectivity index (χ2v) is 7.34. The number of rotatable bonds is 6. The summed E-state index contributed by atoms with van der Waals surface area (Å²) >= 11 is 0. The minimum absolute atomic E-state index is 0.135. The summed E-state index contributed by atoms with van der Waals surface area (Å²) in [6.45, 7) is 7.78. The van der Waals surface area contributed by atoms with Crippen LogP contribution in [0, 0.1) is 31.1 Å². The van der Waals surface area contributed by atoms with Gasteiger partial charge in [0.25, 0.3) is 5.91 Å². The van der Waals surface area contributed by atoms with Crippen molar-refractivity contribution in [1.29, 1.82) is 5.26 Å². The Morgan fingerprint density at radius 1 is 1.48 bits per heavy atom. The Labute approximate surface area is 149 Å². The molecule has 3 rings (SSSR count). The van der Waals surface area contributed by atoms with Gasteiger partial charge >= 0.3 is 0 Å². The first-order valence-electron chi connectivity index (χ1n) is 9.20. The molecule has 0 radical (unpaired) electrons. The van der Waals surface area contributed by atoms with Crippen molar-refractivity contribution >= 4 is 12.0 Å². The van der Waals surface area contributed by atoms with Crippen LogP contribution in [0.25, 0.3) is 6.08 Å². The van der Waals surface area contributed by atoms with Crippen molar-refractivity contribution < 1.29 is 9.53 Å². The molecule has 2 atom stereocenters. The molecule has 0 aromatic carbocycles. The van der Waals surface area contributed by atoms with Crippen LogP contribution < -0.4 is 5.32 Å². The molecule has 2 fully saturated rings. The molecule has 1 aliphatic carbocycles. The van der Waals surface area contributed by atoms with Crippen molar-refractivity contribution in [2.75, 3.05) is 6.61 Å². The van der Waals surface area contributed by atoms with Crippen molar-refractivity contribution in [3.8, 4) is 6.07 Å². The van der Waals surface area contributed by atoms with E-state index in [1.807, 2.05) is 19.9 Å². The number of amides is 1. The molecule has 2 heterocycles. The Morgan fingerprint density at radius 3 is 2.84 bits per heavy atom. The molecule has 5 nitrogen and oxygen atoms in total. The smallest absolute Gasteiger partial charge is 0.262 e. The van der Waals surface area contributed by atoms with Gasteiger partial charge < -0.3 is 14.6 Å². The van der Waals surface area contributed by atoms with Crippen molar-refractivity contribution in [2.45, 2.75) is 65.1 Å². The molecule has 1 aromatic heterocycles. The highest BCUT2D eigenvalue weighted by atomic mass is 16.5. The van der Waals surface area contributed by atoms with Gasteiger partial charge in [-0.15, -0.1) is 0 Å². The summed E-state index contributed by atoms with van der Waals surface area (Å²) in [6, 6.07) is 4.24. The molecule has 0 spiro atoms. The van der Waals surface area contributed by atoms with Crippen LogP contribution in [0.5, 0.6) is 0 Å². The summed E-state index contributed by atoms with van der Waals surface area (Å²) in [5.41, 5.74) is 3.30. The number of nitrogens with zero attached hydrogens (tertiary/aromatic N) is 2. The van der Waals surface area contributed by atoms with Gasteiger partial charge in [0.2, 0.25) is 0 Å². The molecule has 25 heavy (non-hydrogen) atoms. The zero-order valence-electron chi connectivity index (χ0n) is 15.3. The summed E-state index contributed by atoms with van der Waals surface area (Å²) < 4.78 is 7.96. The molecule has 2 aliphatic rings. The van der Waals surface area contributed by atoms with E-state index in [2.05, 4.69) is 22.9 Å². The average Bonchev–Trinajstić information content (AvgIpc) is 3.26. The van der Waals surface area contributed by atoms with E-state index >= 15 is 0 Å². The molecule has 1 saturated carbocycles. The fourth-order valence-corrected chi connectivity index (χ4v) is 3.55. The van der Waals surface area contributed by atoms with Crippen molar-refractivity contribution in [1.82, 2.24) is 9.88 Å². The van der Waals surface area contributed by atoms with Gasteiger partial charge in [-0.1, -0.05) is 0 Å². The third kappa shape index (κ3) is 4.13. The highest BCUT2D eigenvalue weighted by molar-refractivity contribution is 6.02. The lowest BCUT2D eigenvalue weighted by atomic mass is 10.1. The van der Waals surface area contributed by atoms with Crippen LogP contribution in [0.3, 0.4) is 0 Å². The zero-order valence-corrected chi connectivity index (χ0v) is 15.3. The third-order valence-electron chi connectivity index (χ3n) is 5.38. The number of nitriles is 1. The first-order valence-corrected chi connectivity index (χ1v) is 9.20. The molecule has 1 N–H and O–H groups in total. The Morgan fingerprint density at radius 2 is 2.24 bits per heavy atom. The quantitative estimate of drug-likeness (QED) is 0.638. The van der Waals surface area contributed by atoms with Crippen molar-refractivity contribution in [3.63, 3.8) is 0 Å². The third-order valence-corrected chi connectivity index (χ3v) is 5.38. The summed E-state index contributed by atoms with van der Waals surface area (Å²) in [5.74, 6) is 0.297. The summed E-state index contributed by atoms with van der Waals surface area (Å²) in [6.07, 6.45) is 6.51. The van der Waals surface area contributed by atoms with E-state index in [-0.39, 0.29) is 23.6 Å². The Kier molecular flexibility index (Phi) is 5.29. The van der Waals surface area contributed by atoms with Crippen molar-refractivity contribution in [2.24, 2.45) is 5.92 Å². The van der Waals surface area contributed by atoms with E-state index < -0.39 is 0 Å². The number of hydrogen-bond donors (Lipinski definition) is 1. The average molecular weight is 341 g/mol. The lowest BCUT2D eigenvalue weighted by Crippen LogP contribution is -2.34. The number of nitrogens with one attached hydrogen (secondary N) is 1. The monoisotopic (exact) mass is 341 g/mol. The second kappa shape index (κ2) is 7.45. The van der Waals surface area contributed by atoms with Gasteiger partial charge in [-0.2, -0.15) is 5.26 Å². The van der Waals surface area contributed by atoms with Crippen LogP contribution in [0.2, 0.25) is 0 Å². The maximum atomic E-state index is 12.4. The number of aryl methyl sites for hydroxylation is 1. The lowest BCUT2D eigenvalue weighted by molar-refractivity contribution is -0.117. The summed E-state index contributed by atoms with van der Waals surface area (Å²) in [4.78, 5) is 12.4. The standard InChI is InChI=1S/C20H27N3O2/c1-13-9-17(15(3)23(13)12-19-5-4-8-25-19)10-18(11-21)20(24)22-14(2)16-6-7-16/h9-10,14,16,19H,4-8,12H2,1-3H3,(H,22,24)/b18-10+. The Balaban J connectivity index is 1.76. The first-order chi connectivity index (χ1) is 12.0. The van der Waals surface area contributed by atoms with Crippen LogP contribution in [0.4, 0.5) is 0 Å². The maximum absolute atomic E-state index is 12.4. The first kappa shape index (κ1) is 17.8. The molecule has 1 saturated heterocycles. The van der Waals surface area contributed by atoms with Crippen LogP contribution in [0.15, 0.2) is 11.6 Å². The van der Waals surface area contributed by atoms with Crippen LogP contribution in [0.1, 0.15) is 49.6 Å². The highest BCUT2D eigenvalue weighted by Gasteiger charge is 2.29. The van der Waals surface area contributed by atoms with Crippen molar-refractivity contribution in [3.05, 3.63) is 28.6 Å².